The number of hydrogen-bond acceptors (Lipinski definition) is 1. The van der Waals surface area contributed by atoms with Crippen LogP contribution >= 0.6 is 27.5 Å². The zero-order chi connectivity index (χ0) is 9.42. The highest BCUT2D eigenvalue weighted by molar-refractivity contribution is 9.10. The van der Waals surface area contributed by atoms with Crippen molar-refractivity contribution in [2.24, 2.45) is 0 Å². The maximum Gasteiger partial charge on any atom is 0.0641 e. The third-order valence-corrected chi connectivity index (χ3v) is 3.22. The van der Waals surface area contributed by atoms with Gasteiger partial charge in [0.25, 0.3) is 0 Å². The van der Waals surface area contributed by atoms with E-state index in [1.807, 2.05) is 25.1 Å². The molecule has 0 saturated heterocycles. The minimum Gasteiger partial charge on any atom is -0.261 e. The third-order valence-electron chi connectivity index (χ3n) is 1.93. The normalized spacial score (nSPS) is 10.7. The molecule has 0 bridgehead atoms. The molecule has 2 rings (SSSR count). The van der Waals surface area contributed by atoms with Crippen LogP contribution in [-0.4, -0.2) is 4.98 Å². The molecule has 0 unspecified atom stereocenters. The highest BCUT2D eigenvalue weighted by atomic mass is 79.9. The predicted molar refractivity (Wildman–Crippen MR) is 59.2 cm³/mol. The molecule has 0 atom stereocenters. The van der Waals surface area contributed by atoms with E-state index in [9.17, 15) is 0 Å². The number of fused-ring (bicyclic) bond motifs is 1. The molecule has 13 heavy (non-hydrogen) atoms. The van der Waals surface area contributed by atoms with Crippen LogP contribution in [0.25, 0.3) is 10.8 Å². The monoisotopic (exact) mass is 255 g/mol. The Kier molecular flexibility index (Phi) is 2.26. The van der Waals surface area contributed by atoms with Crippen LogP contribution in [0.3, 0.4) is 0 Å². The van der Waals surface area contributed by atoms with Crippen LogP contribution in [0.15, 0.2) is 28.9 Å². The highest BCUT2D eigenvalue weighted by Gasteiger charge is 2.03. The van der Waals surface area contributed by atoms with Gasteiger partial charge in [0.05, 0.1) is 5.02 Å². The molecule has 0 amide bonds. The van der Waals surface area contributed by atoms with Gasteiger partial charge in [-0.3, -0.25) is 4.98 Å². The van der Waals surface area contributed by atoms with Crippen molar-refractivity contribution in [2.45, 2.75) is 6.92 Å². The van der Waals surface area contributed by atoms with Crippen LogP contribution in [0.4, 0.5) is 0 Å². The Morgan fingerprint density at radius 1 is 1.38 bits per heavy atom. The van der Waals surface area contributed by atoms with Crippen molar-refractivity contribution in [1.82, 2.24) is 4.98 Å². The van der Waals surface area contributed by atoms with Crippen molar-refractivity contribution in [3.05, 3.63) is 39.6 Å². The Morgan fingerprint density at radius 2 is 2.15 bits per heavy atom. The van der Waals surface area contributed by atoms with Crippen LogP contribution in [0, 0.1) is 6.92 Å². The van der Waals surface area contributed by atoms with Crippen molar-refractivity contribution in [3.8, 4) is 0 Å². The number of rotatable bonds is 0. The van der Waals surface area contributed by atoms with Gasteiger partial charge < -0.3 is 0 Å². The topological polar surface area (TPSA) is 12.9 Å². The third kappa shape index (κ3) is 1.56. The maximum atomic E-state index is 6.09. The van der Waals surface area contributed by atoms with Gasteiger partial charge in [0.2, 0.25) is 0 Å². The summed E-state index contributed by atoms with van der Waals surface area (Å²) < 4.78 is 0.910. The van der Waals surface area contributed by atoms with Crippen molar-refractivity contribution in [1.29, 1.82) is 0 Å². The van der Waals surface area contributed by atoms with Gasteiger partial charge in [-0.2, -0.15) is 0 Å². The number of halogens is 2. The smallest absolute Gasteiger partial charge is 0.0641 e. The molecular formula is C10H7BrClN. The van der Waals surface area contributed by atoms with E-state index in [0.29, 0.717) is 0 Å². The van der Waals surface area contributed by atoms with Crippen molar-refractivity contribution >= 4 is 38.3 Å². The molecule has 1 nitrogen and oxygen atoms in total. The lowest BCUT2D eigenvalue weighted by Crippen LogP contribution is -1.82. The molecule has 0 spiro atoms. The molecular weight excluding hydrogens is 249 g/mol. The van der Waals surface area contributed by atoms with Gasteiger partial charge in [-0.1, -0.05) is 17.7 Å². The molecule has 0 N–H and O–H groups in total. The summed E-state index contributed by atoms with van der Waals surface area (Å²) in [6.45, 7) is 1.97. The van der Waals surface area contributed by atoms with Crippen molar-refractivity contribution in [3.63, 3.8) is 0 Å². The lowest BCUT2D eigenvalue weighted by atomic mass is 10.1. The van der Waals surface area contributed by atoms with Gasteiger partial charge in [-0.05, 0) is 40.4 Å². The second kappa shape index (κ2) is 3.28. The molecule has 66 valence electrons. The molecule has 0 radical (unpaired) electrons. The van der Waals surface area contributed by atoms with Crippen LogP contribution in [0.5, 0.6) is 0 Å². The lowest BCUT2D eigenvalue weighted by Gasteiger charge is -2.02. The first-order valence-corrected chi connectivity index (χ1v) is 5.06. The minimum atomic E-state index is 0.727. The summed E-state index contributed by atoms with van der Waals surface area (Å²) in [5, 5.41) is 2.84. The first-order valence-electron chi connectivity index (χ1n) is 3.89. The Balaban J connectivity index is 2.87. The number of hydrogen-bond donors (Lipinski definition) is 0. The first-order chi connectivity index (χ1) is 6.18. The molecule has 1 aromatic carbocycles. The molecule has 1 heterocycles. The number of nitrogens with zero attached hydrogens (tertiary/aromatic N) is 1. The Morgan fingerprint density at radius 3 is 2.92 bits per heavy atom. The Hall–Kier alpha value is -0.600. The summed E-state index contributed by atoms with van der Waals surface area (Å²) in [6, 6.07) is 6.00. The fourth-order valence-electron chi connectivity index (χ4n) is 1.27. The standard InChI is InChI=1S/C10H7BrClN/c1-6-4-7-2-3-9(11)10(12)8(7)5-13-6/h2-5H,1H3. The van der Waals surface area contributed by atoms with E-state index >= 15 is 0 Å². The number of aromatic nitrogens is 1. The largest absolute Gasteiger partial charge is 0.261 e. The van der Waals surface area contributed by atoms with Gasteiger partial charge in [0.1, 0.15) is 0 Å². The van der Waals surface area contributed by atoms with Gasteiger partial charge in [0.15, 0.2) is 0 Å². The Labute approximate surface area is 89.9 Å². The SMILES string of the molecule is Cc1cc2ccc(Br)c(Cl)c2cn1. The molecule has 3 heteroatoms. The average molecular weight is 257 g/mol. The number of pyridine rings is 1. The molecule has 0 aliphatic rings. The highest BCUT2D eigenvalue weighted by Crippen LogP contribution is 2.30. The van der Waals surface area contributed by atoms with Gasteiger partial charge >= 0.3 is 0 Å². The van der Waals surface area contributed by atoms with Crippen LogP contribution in [0.1, 0.15) is 5.69 Å². The molecule has 2 aromatic rings. The van der Waals surface area contributed by atoms with E-state index in [1.54, 1.807) is 6.20 Å². The van der Waals surface area contributed by atoms with Gasteiger partial charge in [0, 0.05) is 21.7 Å². The molecule has 0 aliphatic carbocycles. The zero-order valence-electron chi connectivity index (χ0n) is 7.01. The van der Waals surface area contributed by atoms with Crippen molar-refractivity contribution in [2.75, 3.05) is 0 Å². The minimum absolute atomic E-state index is 0.727. The maximum absolute atomic E-state index is 6.09. The first kappa shape index (κ1) is 8.97. The van der Waals surface area contributed by atoms with Crippen LogP contribution in [-0.2, 0) is 0 Å². The summed E-state index contributed by atoms with van der Waals surface area (Å²) in [6.07, 6.45) is 1.80. The van der Waals surface area contributed by atoms with E-state index < -0.39 is 0 Å². The van der Waals surface area contributed by atoms with E-state index in [-0.39, 0.29) is 0 Å². The quantitative estimate of drug-likeness (QED) is 0.695. The fraction of sp³-hybridized carbons (Fsp3) is 0.100. The summed E-state index contributed by atoms with van der Waals surface area (Å²) in [5.74, 6) is 0. The molecule has 1 aromatic heterocycles. The average Bonchev–Trinajstić information content (AvgIpc) is 2.12. The molecule has 0 saturated carbocycles. The molecule has 0 aliphatic heterocycles. The second-order valence-electron chi connectivity index (χ2n) is 2.91. The predicted octanol–water partition coefficient (Wildman–Crippen LogP) is 3.96. The molecule has 0 fully saturated rings. The number of aryl methyl sites for hydroxylation is 1. The van der Waals surface area contributed by atoms with Crippen molar-refractivity contribution < 1.29 is 0 Å². The van der Waals surface area contributed by atoms with Gasteiger partial charge in [-0.15, -0.1) is 0 Å². The van der Waals surface area contributed by atoms with Gasteiger partial charge in [-0.25, -0.2) is 0 Å². The summed E-state index contributed by atoms with van der Waals surface area (Å²) in [7, 11) is 0. The summed E-state index contributed by atoms with van der Waals surface area (Å²) in [5.41, 5.74) is 1.01. The van der Waals surface area contributed by atoms with Crippen LogP contribution in [0.2, 0.25) is 5.02 Å². The van der Waals surface area contributed by atoms with Crippen LogP contribution < -0.4 is 0 Å². The number of benzene rings is 1. The van der Waals surface area contributed by atoms with E-state index in [1.165, 1.54) is 0 Å². The lowest BCUT2D eigenvalue weighted by molar-refractivity contribution is 1.22. The second-order valence-corrected chi connectivity index (χ2v) is 4.14. The Bertz CT molecular complexity index is 468. The van der Waals surface area contributed by atoms with E-state index in [2.05, 4.69) is 20.9 Å². The summed E-state index contributed by atoms with van der Waals surface area (Å²) in [4.78, 5) is 4.20. The summed E-state index contributed by atoms with van der Waals surface area (Å²) >= 11 is 9.47. The van der Waals surface area contributed by atoms with E-state index in [4.69, 9.17) is 11.6 Å². The van der Waals surface area contributed by atoms with E-state index in [0.717, 1.165) is 26.0 Å². The zero-order valence-corrected chi connectivity index (χ0v) is 9.35. The fourth-order valence-corrected chi connectivity index (χ4v) is 1.83.